The van der Waals surface area contributed by atoms with Gasteiger partial charge in [0.1, 0.15) is 12.0 Å². The maximum atomic E-state index is 12.1. The van der Waals surface area contributed by atoms with Crippen LogP contribution in [0.3, 0.4) is 0 Å². The molecule has 3 N–H and O–H groups in total. The number of benzene rings is 1. The maximum absolute atomic E-state index is 12.1. The van der Waals surface area contributed by atoms with Crippen molar-refractivity contribution in [2.24, 2.45) is 5.73 Å². The molecule has 1 aromatic heterocycles. The first kappa shape index (κ1) is 16.3. The number of nitrogens with two attached hydrogens (primary N) is 1. The molecule has 2 aromatic rings. The average Bonchev–Trinajstić information content (AvgIpc) is 3.29. The van der Waals surface area contributed by atoms with Crippen LogP contribution in [0.1, 0.15) is 41.4 Å². The summed E-state index contributed by atoms with van der Waals surface area (Å²) in [6.45, 7) is 2.47. The molecule has 0 unspecified atom stereocenters. The number of nitrogens with zero attached hydrogens (tertiary/aromatic N) is 1. The van der Waals surface area contributed by atoms with Crippen LogP contribution < -0.4 is 11.1 Å². The number of anilines is 1. The predicted molar refractivity (Wildman–Crippen MR) is 90.2 cm³/mol. The minimum absolute atomic E-state index is 0.102. The van der Waals surface area contributed by atoms with Crippen LogP contribution in [-0.2, 0) is 17.9 Å². The molecule has 2 amide bonds. The third-order valence-electron chi connectivity index (χ3n) is 4.07. The van der Waals surface area contributed by atoms with E-state index in [1.165, 1.54) is 6.26 Å². The largest absolute Gasteiger partial charge is 0.467 e. The van der Waals surface area contributed by atoms with Crippen LogP contribution in [0.5, 0.6) is 0 Å². The van der Waals surface area contributed by atoms with Gasteiger partial charge in [-0.15, -0.1) is 0 Å². The van der Waals surface area contributed by atoms with Crippen LogP contribution in [0.15, 0.2) is 41.0 Å². The lowest BCUT2D eigenvalue weighted by atomic mass is 10.2. The molecule has 1 heterocycles. The highest BCUT2D eigenvalue weighted by Crippen LogP contribution is 2.28. The van der Waals surface area contributed by atoms with Crippen molar-refractivity contribution in [2.45, 2.75) is 38.9 Å². The van der Waals surface area contributed by atoms with Crippen LogP contribution in [0.25, 0.3) is 0 Å². The minimum Gasteiger partial charge on any atom is -0.467 e. The van der Waals surface area contributed by atoms with Gasteiger partial charge in [-0.2, -0.15) is 0 Å². The van der Waals surface area contributed by atoms with Gasteiger partial charge in [0.15, 0.2) is 0 Å². The fraction of sp³-hybridized carbons (Fsp3) is 0.333. The van der Waals surface area contributed by atoms with Crippen molar-refractivity contribution < 1.29 is 14.0 Å². The van der Waals surface area contributed by atoms with Crippen LogP contribution in [0.4, 0.5) is 5.69 Å². The van der Waals surface area contributed by atoms with Crippen molar-refractivity contribution in [1.29, 1.82) is 0 Å². The van der Waals surface area contributed by atoms with Gasteiger partial charge in [0.2, 0.25) is 5.91 Å². The summed E-state index contributed by atoms with van der Waals surface area (Å²) < 4.78 is 5.16. The van der Waals surface area contributed by atoms with E-state index in [2.05, 4.69) is 5.32 Å². The lowest BCUT2D eigenvalue weighted by Gasteiger charge is -2.20. The van der Waals surface area contributed by atoms with E-state index in [0.717, 1.165) is 18.4 Å². The molecule has 0 spiro atoms. The zero-order valence-corrected chi connectivity index (χ0v) is 13.6. The number of rotatable bonds is 6. The molecule has 1 aliphatic carbocycles. The van der Waals surface area contributed by atoms with E-state index in [9.17, 15) is 9.59 Å². The Bertz CT molecular complexity index is 732. The monoisotopic (exact) mass is 327 g/mol. The van der Waals surface area contributed by atoms with Crippen LogP contribution in [0, 0.1) is 0 Å². The molecule has 1 aromatic carbocycles. The smallest absolute Gasteiger partial charge is 0.258 e. The fourth-order valence-corrected chi connectivity index (χ4v) is 2.58. The molecule has 0 aliphatic heterocycles. The molecule has 3 rings (SSSR count). The molecule has 0 atom stereocenters. The van der Waals surface area contributed by atoms with E-state index in [-0.39, 0.29) is 18.4 Å². The number of hydrogen-bond donors (Lipinski definition) is 2. The maximum Gasteiger partial charge on any atom is 0.258 e. The molecule has 24 heavy (non-hydrogen) atoms. The first-order chi connectivity index (χ1) is 11.6. The molecule has 1 saturated carbocycles. The summed E-state index contributed by atoms with van der Waals surface area (Å²) in [5.41, 5.74) is 7.65. The summed E-state index contributed by atoms with van der Waals surface area (Å²) in [7, 11) is 0. The van der Waals surface area contributed by atoms with Gasteiger partial charge in [0.25, 0.3) is 5.91 Å². The van der Waals surface area contributed by atoms with Crippen LogP contribution >= 0.6 is 0 Å². The summed E-state index contributed by atoms with van der Waals surface area (Å²) in [5, 5.41) is 2.81. The van der Waals surface area contributed by atoms with Crippen LogP contribution in [0.2, 0.25) is 0 Å². The Kier molecular flexibility index (Phi) is 4.66. The van der Waals surface area contributed by atoms with E-state index in [0.29, 0.717) is 29.6 Å². The molecular formula is C18H21N3O3. The highest BCUT2D eigenvalue weighted by atomic mass is 16.3. The number of furan rings is 1. The van der Waals surface area contributed by atoms with Gasteiger partial charge in [-0.25, -0.2) is 0 Å². The summed E-state index contributed by atoms with van der Waals surface area (Å²) >= 11 is 0. The first-order valence-electron chi connectivity index (χ1n) is 8.02. The molecule has 1 fully saturated rings. The fourth-order valence-electron chi connectivity index (χ4n) is 2.58. The normalized spacial score (nSPS) is 13.6. The van der Waals surface area contributed by atoms with E-state index in [4.69, 9.17) is 10.2 Å². The van der Waals surface area contributed by atoms with Crippen molar-refractivity contribution in [1.82, 2.24) is 4.90 Å². The Morgan fingerprint density at radius 1 is 1.29 bits per heavy atom. The molecule has 0 bridgehead atoms. The number of amides is 2. The molecular weight excluding hydrogens is 306 g/mol. The number of carbonyl (C=O) groups excluding carboxylic acids is 2. The second-order valence-corrected chi connectivity index (χ2v) is 6.03. The Hall–Kier alpha value is -2.60. The lowest BCUT2D eigenvalue weighted by Crippen LogP contribution is -2.30. The Balaban J connectivity index is 1.61. The van der Waals surface area contributed by atoms with Crippen molar-refractivity contribution in [3.05, 3.63) is 53.5 Å². The average molecular weight is 327 g/mol. The van der Waals surface area contributed by atoms with E-state index in [1.807, 2.05) is 29.2 Å². The van der Waals surface area contributed by atoms with E-state index < -0.39 is 0 Å². The van der Waals surface area contributed by atoms with Gasteiger partial charge >= 0.3 is 0 Å². The summed E-state index contributed by atoms with van der Waals surface area (Å²) in [4.78, 5) is 25.7. The molecule has 0 saturated heterocycles. The van der Waals surface area contributed by atoms with Crippen LogP contribution in [-0.4, -0.2) is 22.8 Å². The zero-order valence-electron chi connectivity index (χ0n) is 13.6. The number of nitrogens with one attached hydrogen (secondary N) is 1. The predicted octanol–water partition coefficient (Wildman–Crippen LogP) is 2.50. The topological polar surface area (TPSA) is 88.6 Å². The molecule has 126 valence electrons. The second kappa shape index (κ2) is 6.88. The summed E-state index contributed by atoms with van der Waals surface area (Å²) in [6, 6.07) is 9.54. The summed E-state index contributed by atoms with van der Waals surface area (Å²) in [5.74, 6) is 0.431. The Labute approximate surface area is 140 Å². The Morgan fingerprint density at radius 3 is 2.54 bits per heavy atom. The van der Waals surface area contributed by atoms with Gasteiger partial charge in [-0.3, -0.25) is 9.59 Å². The number of carbonyl (C=O) groups is 2. The van der Waals surface area contributed by atoms with Crippen molar-refractivity contribution in [3.8, 4) is 0 Å². The van der Waals surface area contributed by atoms with Gasteiger partial charge in [-0.1, -0.05) is 12.1 Å². The highest BCUT2D eigenvalue weighted by Gasteiger charge is 2.30. The van der Waals surface area contributed by atoms with Gasteiger partial charge in [0.05, 0.1) is 12.1 Å². The van der Waals surface area contributed by atoms with E-state index >= 15 is 0 Å². The molecule has 1 aliphatic rings. The Morgan fingerprint density at radius 2 is 2.00 bits per heavy atom. The van der Waals surface area contributed by atoms with Gasteiger partial charge in [0, 0.05) is 25.2 Å². The lowest BCUT2D eigenvalue weighted by molar-refractivity contribution is -0.130. The van der Waals surface area contributed by atoms with Gasteiger partial charge < -0.3 is 20.4 Å². The molecule has 6 nitrogen and oxygen atoms in total. The highest BCUT2D eigenvalue weighted by molar-refractivity contribution is 6.04. The zero-order chi connectivity index (χ0) is 17.1. The summed E-state index contributed by atoms with van der Waals surface area (Å²) in [6.07, 6.45) is 3.57. The van der Waals surface area contributed by atoms with E-state index in [1.54, 1.807) is 13.0 Å². The quantitative estimate of drug-likeness (QED) is 0.853. The third-order valence-corrected chi connectivity index (χ3v) is 4.07. The van der Waals surface area contributed by atoms with Gasteiger partial charge in [-0.05, 0) is 36.6 Å². The third kappa shape index (κ3) is 3.83. The molecule has 0 radical (unpaired) electrons. The number of hydrogen-bond acceptors (Lipinski definition) is 4. The first-order valence-corrected chi connectivity index (χ1v) is 8.02. The second-order valence-electron chi connectivity index (χ2n) is 6.03. The SMILES string of the molecule is CC(=O)N(Cc1ccc(NC(=O)c2coc(CN)c2)cc1)C1CC1. The van der Waals surface area contributed by atoms with Crippen molar-refractivity contribution in [2.75, 3.05) is 5.32 Å². The molecule has 6 heteroatoms. The minimum atomic E-state index is -0.241. The van der Waals surface area contributed by atoms with Crippen molar-refractivity contribution >= 4 is 17.5 Å². The van der Waals surface area contributed by atoms with Crippen molar-refractivity contribution in [3.63, 3.8) is 0 Å². The standard InChI is InChI=1S/C18H21N3O3/c1-12(22)21(16-6-7-16)10-13-2-4-15(5-3-13)20-18(23)14-8-17(9-19)24-11-14/h2-5,8,11,16H,6-7,9-10,19H2,1H3,(H,20,23).